The van der Waals surface area contributed by atoms with E-state index in [4.69, 9.17) is 4.74 Å². The third-order valence-corrected chi connectivity index (χ3v) is 5.64. The smallest absolute Gasteiger partial charge is 0.337 e. The Bertz CT molecular complexity index is 1170. The summed E-state index contributed by atoms with van der Waals surface area (Å²) in [5.41, 5.74) is 6.12. The average molecular weight is 389 g/mol. The molecule has 0 aliphatic heterocycles. The van der Waals surface area contributed by atoms with E-state index in [0.29, 0.717) is 5.56 Å². The van der Waals surface area contributed by atoms with Crippen LogP contribution in [0.25, 0.3) is 21.3 Å². The van der Waals surface area contributed by atoms with Gasteiger partial charge in [0.2, 0.25) is 0 Å². The number of thiophene rings is 1. The van der Waals surface area contributed by atoms with Gasteiger partial charge in [-0.15, -0.1) is 11.3 Å². The quantitative estimate of drug-likeness (QED) is 0.467. The molecule has 0 saturated heterocycles. The molecule has 1 N–H and O–H groups in total. The second kappa shape index (κ2) is 7.40. The Morgan fingerprint density at radius 3 is 2.54 bits per heavy atom. The molecule has 0 radical (unpaired) electrons. The molecule has 0 unspecified atom stereocenters. The summed E-state index contributed by atoms with van der Waals surface area (Å²) in [5.74, 6) is 0.385. The van der Waals surface area contributed by atoms with Crippen LogP contribution in [0.3, 0.4) is 0 Å². The molecule has 0 spiro atoms. The average Bonchev–Trinajstić information content (AvgIpc) is 3.15. The van der Waals surface area contributed by atoms with E-state index >= 15 is 0 Å². The molecule has 28 heavy (non-hydrogen) atoms. The van der Waals surface area contributed by atoms with Crippen molar-refractivity contribution in [3.05, 3.63) is 70.9 Å². The number of rotatable bonds is 4. The molecule has 4 aromatic rings. The van der Waals surface area contributed by atoms with E-state index in [1.165, 1.54) is 18.2 Å². The SMILES string of the molecule is COC(=O)c1ccc(Nc2ncnc3scc(-c4ccc(C)c(C)c4)c23)cc1. The van der Waals surface area contributed by atoms with Crippen molar-refractivity contribution in [3.8, 4) is 11.1 Å². The fraction of sp³-hybridized carbons (Fsp3) is 0.136. The van der Waals surface area contributed by atoms with E-state index in [2.05, 4.69) is 52.7 Å². The van der Waals surface area contributed by atoms with Gasteiger partial charge in [-0.25, -0.2) is 14.8 Å². The van der Waals surface area contributed by atoms with Crippen LogP contribution in [-0.2, 0) is 4.74 Å². The van der Waals surface area contributed by atoms with E-state index < -0.39 is 0 Å². The highest BCUT2D eigenvalue weighted by atomic mass is 32.1. The minimum Gasteiger partial charge on any atom is -0.465 e. The van der Waals surface area contributed by atoms with Gasteiger partial charge in [-0.3, -0.25) is 0 Å². The van der Waals surface area contributed by atoms with E-state index in [1.807, 2.05) is 12.1 Å². The number of fused-ring (bicyclic) bond motifs is 1. The monoisotopic (exact) mass is 389 g/mol. The molecular weight excluding hydrogens is 370 g/mol. The lowest BCUT2D eigenvalue weighted by Gasteiger charge is -2.10. The standard InChI is InChI=1S/C22H19N3O2S/c1-13-4-5-16(10-14(13)2)18-11-28-21-19(18)20(23-12-24-21)25-17-8-6-15(7-9-17)22(26)27-3/h4-12H,1-3H3,(H,23,24,25). The van der Waals surface area contributed by atoms with Gasteiger partial charge in [-0.05, 0) is 54.8 Å². The number of aromatic nitrogens is 2. The van der Waals surface area contributed by atoms with Crippen molar-refractivity contribution in [1.29, 1.82) is 0 Å². The Morgan fingerprint density at radius 1 is 1.04 bits per heavy atom. The van der Waals surface area contributed by atoms with Gasteiger partial charge in [0.1, 0.15) is 17.0 Å². The lowest BCUT2D eigenvalue weighted by atomic mass is 10.0. The topological polar surface area (TPSA) is 64.1 Å². The van der Waals surface area contributed by atoms with Gasteiger partial charge >= 0.3 is 5.97 Å². The summed E-state index contributed by atoms with van der Waals surface area (Å²) in [7, 11) is 1.37. The maximum atomic E-state index is 11.6. The van der Waals surface area contributed by atoms with Gasteiger partial charge in [0.25, 0.3) is 0 Å². The Kier molecular flexibility index (Phi) is 4.79. The Labute approximate surface area is 167 Å². The Hall–Kier alpha value is -3.25. The molecule has 2 heterocycles. The third kappa shape index (κ3) is 3.34. The van der Waals surface area contributed by atoms with Gasteiger partial charge in [-0.1, -0.05) is 18.2 Å². The molecule has 2 aromatic carbocycles. The molecule has 0 saturated carbocycles. The maximum absolute atomic E-state index is 11.6. The van der Waals surface area contributed by atoms with Crippen LogP contribution in [0.15, 0.2) is 54.2 Å². The van der Waals surface area contributed by atoms with Crippen LogP contribution in [0.4, 0.5) is 11.5 Å². The zero-order chi connectivity index (χ0) is 19.7. The van der Waals surface area contributed by atoms with Gasteiger partial charge in [-0.2, -0.15) is 0 Å². The summed E-state index contributed by atoms with van der Waals surface area (Å²) >= 11 is 1.60. The number of aryl methyl sites for hydroxylation is 2. The number of carbonyl (C=O) groups excluding carboxylic acids is 1. The molecule has 5 nitrogen and oxygen atoms in total. The number of nitrogens with zero attached hydrogens (tertiary/aromatic N) is 2. The lowest BCUT2D eigenvalue weighted by Crippen LogP contribution is -2.01. The van der Waals surface area contributed by atoms with Crippen LogP contribution < -0.4 is 5.32 Å². The fourth-order valence-corrected chi connectivity index (χ4v) is 3.95. The van der Waals surface area contributed by atoms with Crippen LogP contribution in [0.2, 0.25) is 0 Å². The van der Waals surface area contributed by atoms with Crippen molar-refractivity contribution in [2.45, 2.75) is 13.8 Å². The predicted molar refractivity (Wildman–Crippen MR) is 113 cm³/mol. The van der Waals surface area contributed by atoms with Crippen molar-refractivity contribution < 1.29 is 9.53 Å². The summed E-state index contributed by atoms with van der Waals surface area (Å²) in [5, 5.41) is 6.47. The van der Waals surface area contributed by atoms with Crippen molar-refractivity contribution in [3.63, 3.8) is 0 Å². The highest BCUT2D eigenvalue weighted by Gasteiger charge is 2.14. The Balaban J connectivity index is 1.74. The Morgan fingerprint density at radius 2 is 1.82 bits per heavy atom. The number of hydrogen-bond donors (Lipinski definition) is 1. The second-order valence-corrected chi connectivity index (χ2v) is 7.40. The fourth-order valence-electron chi connectivity index (χ4n) is 3.04. The number of methoxy groups -OCH3 is 1. The maximum Gasteiger partial charge on any atom is 0.337 e. The van der Waals surface area contributed by atoms with E-state index in [0.717, 1.165) is 32.8 Å². The summed E-state index contributed by atoms with van der Waals surface area (Å²) in [6.45, 7) is 4.23. The summed E-state index contributed by atoms with van der Waals surface area (Å²) in [6, 6.07) is 13.6. The van der Waals surface area contributed by atoms with Crippen molar-refractivity contribution in [2.75, 3.05) is 12.4 Å². The minimum atomic E-state index is -0.356. The zero-order valence-electron chi connectivity index (χ0n) is 15.8. The molecule has 2 aromatic heterocycles. The molecular formula is C22H19N3O2S. The first-order valence-electron chi connectivity index (χ1n) is 8.82. The van der Waals surface area contributed by atoms with Crippen molar-refractivity contribution >= 4 is 39.0 Å². The summed E-state index contributed by atoms with van der Waals surface area (Å²) in [6.07, 6.45) is 1.56. The first-order valence-corrected chi connectivity index (χ1v) is 9.70. The highest BCUT2D eigenvalue weighted by Crippen LogP contribution is 2.37. The first kappa shape index (κ1) is 18.1. The van der Waals surface area contributed by atoms with Crippen LogP contribution in [0.1, 0.15) is 21.5 Å². The number of anilines is 2. The van der Waals surface area contributed by atoms with Crippen LogP contribution in [0.5, 0.6) is 0 Å². The molecule has 6 heteroatoms. The third-order valence-electron chi connectivity index (χ3n) is 4.76. The molecule has 4 rings (SSSR count). The minimum absolute atomic E-state index is 0.356. The summed E-state index contributed by atoms with van der Waals surface area (Å²) < 4.78 is 4.75. The number of benzene rings is 2. The molecule has 0 bridgehead atoms. The highest BCUT2D eigenvalue weighted by molar-refractivity contribution is 7.17. The number of ether oxygens (including phenoxy) is 1. The normalized spacial score (nSPS) is 10.8. The van der Waals surface area contributed by atoms with Gasteiger partial charge in [0.15, 0.2) is 0 Å². The molecule has 0 aliphatic carbocycles. The van der Waals surface area contributed by atoms with Crippen molar-refractivity contribution in [2.24, 2.45) is 0 Å². The van der Waals surface area contributed by atoms with Gasteiger partial charge in [0, 0.05) is 16.6 Å². The van der Waals surface area contributed by atoms with E-state index in [9.17, 15) is 4.79 Å². The number of hydrogen-bond acceptors (Lipinski definition) is 6. The summed E-state index contributed by atoms with van der Waals surface area (Å²) in [4.78, 5) is 21.4. The van der Waals surface area contributed by atoms with Crippen LogP contribution in [-0.4, -0.2) is 23.0 Å². The molecule has 140 valence electrons. The number of esters is 1. The number of nitrogens with one attached hydrogen (secondary N) is 1. The molecule has 0 aliphatic rings. The lowest BCUT2D eigenvalue weighted by molar-refractivity contribution is 0.0601. The predicted octanol–water partition coefficient (Wildman–Crippen LogP) is 5.51. The zero-order valence-corrected chi connectivity index (χ0v) is 16.6. The van der Waals surface area contributed by atoms with Gasteiger partial charge < -0.3 is 10.1 Å². The van der Waals surface area contributed by atoms with Crippen LogP contribution in [0, 0.1) is 13.8 Å². The van der Waals surface area contributed by atoms with E-state index in [-0.39, 0.29) is 5.97 Å². The molecule has 0 fully saturated rings. The molecule has 0 atom stereocenters. The molecule has 0 amide bonds. The largest absolute Gasteiger partial charge is 0.465 e. The second-order valence-electron chi connectivity index (χ2n) is 6.54. The van der Waals surface area contributed by atoms with Crippen molar-refractivity contribution in [1.82, 2.24) is 9.97 Å². The first-order chi connectivity index (χ1) is 13.6. The van der Waals surface area contributed by atoms with Crippen LogP contribution >= 0.6 is 11.3 Å². The number of carbonyl (C=O) groups is 1. The van der Waals surface area contributed by atoms with E-state index in [1.54, 1.807) is 29.8 Å². The van der Waals surface area contributed by atoms with Gasteiger partial charge in [0.05, 0.1) is 18.1 Å².